The number of amides is 3. The van der Waals surface area contributed by atoms with Crippen LogP contribution in [0.25, 0.3) is 0 Å². The Morgan fingerprint density at radius 2 is 1.87 bits per heavy atom. The number of carbonyl (C=O) groups is 2. The zero-order valence-corrected chi connectivity index (χ0v) is 18.7. The first-order chi connectivity index (χ1) is 14.5. The summed E-state index contributed by atoms with van der Waals surface area (Å²) in [5, 5.41) is 3.68. The molecule has 0 unspecified atom stereocenters. The van der Waals surface area contributed by atoms with Crippen molar-refractivity contribution in [2.75, 3.05) is 25.0 Å². The minimum Gasteiger partial charge on any atom is -0.336 e. The van der Waals surface area contributed by atoms with Crippen LogP contribution in [-0.2, 0) is 17.8 Å². The van der Waals surface area contributed by atoms with Crippen LogP contribution in [0.1, 0.15) is 37.3 Å². The molecule has 3 rings (SSSR count). The first-order valence-corrected chi connectivity index (χ1v) is 11.1. The fraction of sp³-hybridized carbons (Fsp3) is 0.391. The van der Waals surface area contributed by atoms with Gasteiger partial charge in [0.15, 0.2) is 0 Å². The van der Waals surface area contributed by atoms with E-state index in [0.717, 1.165) is 25.7 Å². The molecule has 0 aliphatic carbocycles. The Morgan fingerprint density at radius 1 is 1.10 bits per heavy atom. The fourth-order valence-electron chi connectivity index (χ4n) is 3.56. The Balaban J connectivity index is 1.66. The third-order valence-electron chi connectivity index (χ3n) is 5.30. The lowest BCUT2D eigenvalue weighted by Gasteiger charge is -2.31. The molecule has 3 amide bonds. The number of halogens is 2. The molecule has 0 fully saturated rings. The number of carbonyl (C=O) groups excluding carboxylic acids is 2. The second kappa shape index (κ2) is 10.7. The van der Waals surface area contributed by atoms with Gasteiger partial charge in [-0.3, -0.25) is 4.79 Å². The molecule has 0 radical (unpaired) electrons. The average Bonchev–Trinajstić information content (AvgIpc) is 2.74. The summed E-state index contributed by atoms with van der Waals surface area (Å²) >= 11 is 12.1. The quantitative estimate of drug-likeness (QED) is 0.561. The topological polar surface area (TPSA) is 52.7 Å². The number of unbranched alkanes of at least 4 members (excludes halogenated alkanes) is 2. The molecule has 0 atom stereocenters. The van der Waals surface area contributed by atoms with E-state index in [1.807, 2.05) is 17.0 Å². The van der Waals surface area contributed by atoms with Crippen LogP contribution >= 0.6 is 23.2 Å². The molecule has 160 valence electrons. The van der Waals surface area contributed by atoms with Crippen molar-refractivity contribution in [3.63, 3.8) is 0 Å². The van der Waals surface area contributed by atoms with E-state index in [9.17, 15) is 9.59 Å². The summed E-state index contributed by atoms with van der Waals surface area (Å²) < 4.78 is 0. The Hall–Kier alpha value is -2.24. The average molecular weight is 448 g/mol. The number of urea groups is 1. The van der Waals surface area contributed by atoms with Crippen molar-refractivity contribution in [2.45, 2.75) is 39.2 Å². The van der Waals surface area contributed by atoms with E-state index in [1.54, 1.807) is 23.1 Å². The van der Waals surface area contributed by atoms with Gasteiger partial charge < -0.3 is 15.1 Å². The van der Waals surface area contributed by atoms with E-state index in [0.29, 0.717) is 35.4 Å². The maximum Gasteiger partial charge on any atom is 0.322 e. The van der Waals surface area contributed by atoms with Crippen LogP contribution in [0.15, 0.2) is 42.5 Å². The van der Waals surface area contributed by atoms with Gasteiger partial charge in [0, 0.05) is 24.7 Å². The van der Waals surface area contributed by atoms with Gasteiger partial charge in [-0.15, -0.1) is 0 Å². The Bertz CT molecular complexity index is 904. The van der Waals surface area contributed by atoms with Gasteiger partial charge in [0.1, 0.15) is 6.54 Å². The van der Waals surface area contributed by atoms with Crippen molar-refractivity contribution in [2.24, 2.45) is 0 Å². The predicted molar refractivity (Wildman–Crippen MR) is 122 cm³/mol. The number of nitrogens with zero attached hydrogens (tertiary/aromatic N) is 2. The summed E-state index contributed by atoms with van der Waals surface area (Å²) in [6.07, 6.45) is 3.71. The molecule has 0 saturated heterocycles. The van der Waals surface area contributed by atoms with Gasteiger partial charge in [-0.25, -0.2) is 4.79 Å². The number of anilines is 1. The van der Waals surface area contributed by atoms with Gasteiger partial charge in [-0.1, -0.05) is 67.2 Å². The highest BCUT2D eigenvalue weighted by molar-refractivity contribution is 6.36. The highest BCUT2D eigenvalue weighted by Crippen LogP contribution is 2.26. The van der Waals surface area contributed by atoms with Gasteiger partial charge in [0.05, 0.1) is 10.7 Å². The molecular formula is C23H27Cl2N3O2. The highest BCUT2D eigenvalue weighted by Gasteiger charge is 2.24. The number of fused-ring (bicyclic) bond motifs is 1. The molecule has 1 N–H and O–H groups in total. The Labute approximate surface area is 187 Å². The molecule has 7 heteroatoms. The first-order valence-electron chi connectivity index (χ1n) is 10.3. The van der Waals surface area contributed by atoms with E-state index in [1.165, 1.54) is 11.1 Å². The van der Waals surface area contributed by atoms with Gasteiger partial charge in [0.2, 0.25) is 5.91 Å². The van der Waals surface area contributed by atoms with Crippen LogP contribution in [0.2, 0.25) is 10.0 Å². The summed E-state index contributed by atoms with van der Waals surface area (Å²) in [5.41, 5.74) is 2.94. The van der Waals surface area contributed by atoms with Gasteiger partial charge in [-0.05, 0) is 42.2 Å². The van der Waals surface area contributed by atoms with Gasteiger partial charge >= 0.3 is 6.03 Å². The van der Waals surface area contributed by atoms with E-state index in [4.69, 9.17) is 23.2 Å². The lowest BCUT2D eigenvalue weighted by atomic mass is 10.00. The van der Waals surface area contributed by atoms with Crippen molar-refractivity contribution in [1.82, 2.24) is 9.80 Å². The van der Waals surface area contributed by atoms with Crippen LogP contribution in [0.4, 0.5) is 10.5 Å². The molecule has 0 saturated carbocycles. The zero-order valence-electron chi connectivity index (χ0n) is 17.2. The molecule has 0 spiro atoms. The second-order valence-corrected chi connectivity index (χ2v) is 8.36. The van der Waals surface area contributed by atoms with Crippen molar-refractivity contribution in [3.05, 3.63) is 63.6 Å². The van der Waals surface area contributed by atoms with Gasteiger partial charge in [0.25, 0.3) is 0 Å². The lowest BCUT2D eigenvalue weighted by Crippen LogP contribution is -2.46. The third kappa shape index (κ3) is 5.89. The second-order valence-electron chi connectivity index (χ2n) is 7.52. The molecular weight excluding hydrogens is 421 g/mol. The molecule has 2 aromatic rings. The third-order valence-corrected chi connectivity index (χ3v) is 5.85. The summed E-state index contributed by atoms with van der Waals surface area (Å²) in [4.78, 5) is 29.3. The summed E-state index contributed by atoms with van der Waals surface area (Å²) in [7, 11) is 0. The van der Waals surface area contributed by atoms with Crippen LogP contribution in [0.3, 0.4) is 0 Å². The molecule has 1 aliphatic heterocycles. The molecule has 1 aliphatic rings. The Kier molecular flexibility index (Phi) is 8.00. The fourth-order valence-corrected chi connectivity index (χ4v) is 4.02. The van der Waals surface area contributed by atoms with Crippen molar-refractivity contribution in [1.29, 1.82) is 0 Å². The summed E-state index contributed by atoms with van der Waals surface area (Å²) in [6.45, 7) is 3.92. The lowest BCUT2D eigenvalue weighted by molar-refractivity contribution is -0.132. The maximum atomic E-state index is 13.0. The van der Waals surface area contributed by atoms with E-state index in [2.05, 4.69) is 24.4 Å². The smallest absolute Gasteiger partial charge is 0.322 e. The number of rotatable bonds is 7. The monoisotopic (exact) mass is 447 g/mol. The molecule has 2 aromatic carbocycles. The number of hydrogen-bond donors (Lipinski definition) is 1. The number of nitrogens with one attached hydrogen (secondary N) is 1. The standard InChI is InChI=1S/C23H27Cl2N3O2/c1-2-3-6-12-28(23(30)26-21-10-9-19(24)14-20(21)25)16-22(29)27-13-11-17-7-4-5-8-18(17)15-27/h4-5,7-10,14H,2-3,6,11-13,15-16H2,1H3,(H,26,30). The first kappa shape index (κ1) is 22.4. The summed E-state index contributed by atoms with van der Waals surface area (Å²) in [5.74, 6) is -0.0432. The van der Waals surface area contributed by atoms with Crippen molar-refractivity contribution in [3.8, 4) is 0 Å². The molecule has 1 heterocycles. The van der Waals surface area contributed by atoms with E-state index < -0.39 is 0 Å². The van der Waals surface area contributed by atoms with Crippen LogP contribution in [0.5, 0.6) is 0 Å². The molecule has 30 heavy (non-hydrogen) atoms. The van der Waals surface area contributed by atoms with E-state index in [-0.39, 0.29) is 18.5 Å². The van der Waals surface area contributed by atoms with Crippen molar-refractivity contribution >= 4 is 40.8 Å². The number of hydrogen-bond acceptors (Lipinski definition) is 2. The minimum absolute atomic E-state index is 0.0432. The maximum absolute atomic E-state index is 13.0. The SMILES string of the molecule is CCCCCN(CC(=O)N1CCc2ccccc2C1)C(=O)Nc1ccc(Cl)cc1Cl. The normalized spacial score (nSPS) is 13.0. The van der Waals surface area contributed by atoms with E-state index >= 15 is 0 Å². The van der Waals surface area contributed by atoms with Crippen LogP contribution in [-0.4, -0.2) is 41.4 Å². The molecule has 0 bridgehead atoms. The number of benzene rings is 2. The highest BCUT2D eigenvalue weighted by atomic mass is 35.5. The van der Waals surface area contributed by atoms with Crippen molar-refractivity contribution < 1.29 is 9.59 Å². The predicted octanol–water partition coefficient (Wildman–Crippen LogP) is 5.60. The largest absolute Gasteiger partial charge is 0.336 e. The summed E-state index contributed by atoms with van der Waals surface area (Å²) in [6, 6.07) is 12.8. The van der Waals surface area contributed by atoms with Crippen LogP contribution < -0.4 is 5.32 Å². The minimum atomic E-state index is -0.332. The molecule has 5 nitrogen and oxygen atoms in total. The van der Waals surface area contributed by atoms with Gasteiger partial charge in [-0.2, -0.15) is 0 Å². The van der Waals surface area contributed by atoms with Crippen LogP contribution in [0, 0.1) is 0 Å². The molecule has 0 aromatic heterocycles. The zero-order chi connectivity index (χ0) is 21.5. The Morgan fingerprint density at radius 3 is 2.60 bits per heavy atom.